The van der Waals surface area contributed by atoms with Crippen molar-refractivity contribution in [2.75, 3.05) is 57.4 Å². The number of carbonyl (C=O) groups is 2. The first-order valence-electron chi connectivity index (χ1n) is 17.0. The van der Waals surface area contributed by atoms with E-state index in [1.54, 1.807) is 14.5 Å². The largest absolute Gasteiger partial charge is 0.492 e. The molecule has 0 N–H and O–H groups in total. The third-order valence-electron chi connectivity index (χ3n) is 8.80. The molecule has 4 aromatic rings. The Morgan fingerprint density at radius 2 is 1.58 bits per heavy atom. The van der Waals surface area contributed by atoms with Crippen LogP contribution in [0.2, 0.25) is 0 Å². The molecule has 0 spiro atoms. The van der Waals surface area contributed by atoms with Gasteiger partial charge in [-0.05, 0) is 44.9 Å². The highest BCUT2D eigenvalue weighted by Crippen LogP contribution is 2.29. The molecule has 2 amide bonds. The molecule has 0 bridgehead atoms. The number of aromatic nitrogens is 3. The second kappa shape index (κ2) is 15.0. The van der Waals surface area contributed by atoms with E-state index in [2.05, 4.69) is 15.2 Å². The summed E-state index contributed by atoms with van der Waals surface area (Å²) in [6, 6.07) is 26.6. The number of sulfone groups is 1. The molecule has 3 heterocycles. The number of benzene rings is 3. The minimum absolute atomic E-state index is 0.171. The Bertz CT molecular complexity index is 1880. The maximum absolute atomic E-state index is 14.6. The molecule has 2 aliphatic rings. The molecule has 1 aromatic heterocycles. The highest BCUT2D eigenvalue weighted by molar-refractivity contribution is 7.91. The standard InChI is InChI=1S/C37H44N6O6S/c1-37(2,3)49-36(45)41-17-18-42(31(27-41)25-28-11-6-4-7-12-28)35(44)33-34(29-13-8-5-9-14-29)43(39-38-33)30-15-10-16-32(26-30)48-22-19-40-20-23-50(46,47)24-21-40/h4-16,26,31H,17-25,27H2,1-3H3/t31-/m1/s1. The number of hydrogen-bond donors (Lipinski definition) is 0. The molecule has 2 fully saturated rings. The van der Waals surface area contributed by atoms with Gasteiger partial charge in [0.25, 0.3) is 5.91 Å². The van der Waals surface area contributed by atoms with E-state index in [0.717, 1.165) is 11.1 Å². The molecule has 0 radical (unpaired) electrons. The summed E-state index contributed by atoms with van der Waals surface area (Å²) in [6.07, 6.45) is 0.150. The van der Waals surface area contributed by atoms with Gasteiger partial charge in [-0.25, -0.2) is 17.9 Å². The summed E-state index contributed by atoms with van der Waals surface area (Å²) >= 11 is 0. The molecule has 12 nitrogen and oxygen atoms in total. The third kappa shape index (κ3) is 8.69. The van der Waals surface area contributed by atoms with E-state index < -0.39 is 21.5 Å². The first-order chi connectivity index (χ1) is 24.0. The van der Waals surface area contributed by atoms with E-state index >= 15 is 0 Å². The lowest BCUT2D eigenvalue weighted by Gasteiger charge is -2.41. The van der Waals surface area contributed by atoms with Crippen LogP contribution in [-0.2, 0) is 21.0 Å². The van der Waals surface area contributed by atoms with Crippen LogP contribution in [0.4, 0.5) is 4.79 Å². The molecule has 0 aliphatic carbocycles. The number of hydrogen-bond acceptors (Lipinski definition) is 9. The van der Waals surface area contributed by atoms with Crippen molar-refractivity contribution in [3.05, 3.63) is 96.2 Å². The molecular formula is C37H44N6O6S. The lowest BCUT2D eigenvalue weighted by Crippen LogP contribution is -2.58. The zero-order valence-electron chi connectivity index (χ0n) is 28.8. The van der Waals surface area contributed by atoms with Gasteiger partial charge in [0.15, 0.2) is 15.5 Å². The maximum Gasteiger partial charge on any atom is 0.410 e. The summed E-state index contributed by atoms with van der Waals surface area (Å²) in [6.45, 7) is 8.49. The highest BCUT2D eigenvalue weighted by atomic mass is 32.2. The van der Waals surface area contributed by atoms with Gasteiger partial charge in [0, 0.05) is 50.9 Å². The van der Waals surface area contributed by atoms with Crippen LogP contribution in [0.3, 0.4) is 0 Å². The van der Waals surface area contributed by atoms with Crippen LogP contribution in [0.15, 0.2) is 84.9 Å². The van der Waals surface area contributed by atoms with E-state index in [9.17, 15) is 18.0 Å². The van der Waals surface area contributed by atoms with Gasteiger partial charge >= 0.3 is 6.09 Å². The molecule has 50 heavy (non-hydrogen) atoms. The molecule has 2 saturated heterocycles. The lowest BCUT2D eigenvalue weighted by atomic mass is 10.0. The predicted octanol–water partition coefficient (Wildman–Crippen LogP) is 4.35. The van der Waals surface area contributed by atoms with Crippen LogP contribution in [0, 0.1) is 0 Å². The van der Waals surface area contributed by atoms with Crippen LogP contribution >= 0.6 is 0 Å². The number of amides is 2. The highest BCUT2D eigenvalue weighted by Gasteiger charge is 2.37. The van der Waals surface area contributed by atoms with Gasteiger partial charge in [-0.2, -0.15) is 0 Å². The second-order valence-corrected chi connectivity index (χ2v) is 16.0. The van der Waals surface area contributed by atoms with E-state index in [-0.39, 0.29) is 29.1 Å². The molecule has 264 valence electrons. The number of ether oxygens (including phenoxy) is 2. The Labute approximate surface area is 293 Å². The van der Waals surface area contributed by atoms with Crippen LogP contribution in [0.1, 0.15) is 36.8 Å². The van der Waals surface area contributed by atoms with Crippen molar-refractivity contribution in [1.82, 2.24) is 29.7 Å². The number of piperazine rings is 1. The average Bonchev–Trinajstić information content (AvgIpc) is 3.54. The van der Waals surface area contributed by atoms with E-state index in [1.807, 2.05) is 106 Å². The maximum atomic E-state index is 14.6. The van der Waals surface area contributed by atoms with Crippen LogP contribution < -0.4 is 4.74 Å². The summed E-state index contributed by atoms with van der Waals surface area (Å²) in [7, 11) is -2.94. The van der Waals surface area contributed by atoms with Crippen molar-refractivity contribution < 1.29 is 27.5 Å². The van der Waals surface area contributed by atoms with Crippen LogP contribution in [-0.4, -0.2) is 119 Å². The van der Waals surface area contributed by atoms with Crippen LogP contribution in [0.25, 0.3) is 16.9 Å². The van der Waals surface area contributed by atoms with Gasteiger partial charge in [0.2, 0.25) is 0 Å². The predicted molar refractivity (Wildman–Crippen MR) is 190 cm³/mol. The van der Waals surface area contributed by atoms with Crippen LogP contribution in [0.5, 0.6) is 5.75 Å². The summed E-state index contributed by atoms with van der Waals surface area (Å²) < 4.78 is 37.0. The Morgan fingerprint density at radius 3 is 2.28 bits per heavy atom. The summed E-state index contributed by atoms with van der Waals surface area (Å²) in [5.41, 5.74) is 2.63. The van der Waals surface area contributed by atoms with Crippen molar-refractivity contribution in [2.45, 2.75) is 38.8 Å². The fourth-order valence-electron chi connectivity index (χ4n) is 6.25. The van der Waals surface area contributed by atoms with Gasteiger partial charge in [0.1, 0.15) is 23.7 Å². The minimum atomic E-state index is -2.94. The van der Waals surface area contributed by atoms with Crippen molar-refractivity contribution in [1.29, 1.82) is 0 Å². The third-order valence-corrected chi connectivity index (χ3v) is 10.4. The van der Waals surface area contributed by atoms with E-state index in [1.165, 1.54) is 0 Å². The molecule has 2 aliphatic heterocycles. The molecule has 0 saturated carbocycles. The zero-order valence-corrected chi connectivity index (χ0v) is 29.6. The van der Waals surface area contributed by atoms with Crippen molar-refractivity contribution in [3.8, 4) is 22.7 Å². The number of carbonyl (C=O) groups excluding carboxylic acids is 2. The normalized spacial score (nSPS) is 18.1. The van der Waals surface area contributed by atoms with Gasteiger partial charge in [-0.1, -0.05) is 71.9 Å². The summed E-state index contributed by atoms with van der Waals surface area (Å²) in [5, 5.41) is 8.97. The average molecular weight is 701 g/mol. The Kier molecular flexibility index (Phi) is 10.5. The van der Waals surface area contributed by atoms with Crippen molar-refractivity contribution in [3.63, 3.8) is 0 Å². The van der Waals surface area contributed by atoms with Gasteiger partial charge in [-0.3, -0.25) is 9.69 Å². The zero-order chi connectivity index (χ0) is 35.3. The Morgan fingerprint density at radius 1 is 0.880 bits per heavy atom. The molecule has 1 atom stereocenters. The smallest absolute Gasteiger partial charge is 0.410 e. The number of rotatable bonds is 9. The molecular weight excluding hydrogens is 657 g/mol. The summed E-state index contributed by atoms with van der Waals surface area (Å²) in [5.74, 6) is 0.696. The van der Waals surface area contributed by atoms with E-state index in [0.29, 0.717) is 69.4 Å². The first-order valence-corrected chi connectivity index (χ1v) is 18.8. The monoisotopic (exact) mass is 700 g/mol. The fraction of sp³-hybridized carbons (Fsp3) is 0.405. The summed E-state index contributed by atoms with van der Waals surface area (Å²) in [4.78, 5) is 33.2. The molecule has 6 rings (SSSR count). The number of nitrogens with zero attached hydrogens (tertiary/aromatic N) is 6. The van der Waals surface area contributed by atoms with Gasteiger partial charge < -0.3 is 19.3 Å². The topological polar surface area (TPSA) is 127 Å². The Hall–Kier alpha value is -4.75. The quantitative estimate of drug-likeness (QED) is 0.251. The molecule has 0 unspecified atom stereocenters. The minimum Gasteiger partial charge on any atom is -0.492 e. The lowest BCUT2D eigenvalue weighted by molar-refractivity contribution is 0.00427. The van der Waals surface area contributed by atoms with Gasteiger partial charge in [-0.15, -0.1) is 5.10 Å². The van der Waals surface area contributed by atoms with E-state index in [4.69, 9.17) is 9.47 Å². The van der Waals surface area contributed by atoms with Crippen molar-refractivity contribution in [2.24, 2.45) is 0 Å². The SMILES string of the molecule is CC(C)(C)OC(=O)N1CCN(C(=O)c2nnn(-c3cccc(OCCN4CCS(=O)(=O)CC4)c3)c2-c2ccccc2)[C@H](Cc2ccccc2)C1. The first kappa shape index (κ1) is 35.1. The van der Waals surface area contributed by atoms with Crippen molar-refractivity contribution >= 4 is 21.8 Å². The molecule has 13 heteroatoms. The van der Waals surface area contributed by atoms with Gasteiger partial charge in [0.05, 0.1) is 23.2 Å². The second-order valence-electron chi connectivity index (χ2n) is 13.7. The molecule has 3 aromatic carbocycles. The Balaban J connectivity index is 1.26. The fourth-order valence-corrected chi connectivity index (χ4v) is 7.52.